The molecule has 1 spiro atoms. The number of piperidine rings is 1. The van der Waals surface area contributed by atoms with Crippen LogP contribution in [0.1, 0.15) is 28.8 Å². The van der Waals surface area contributed by atoms with E-state index in [1.807, 2.05) is 41.3 Å². The molecule has 2 aliphatic heterocycles. The molecule has 2 aromatic rings. The standard InChI is InChI=1S/C20H21Cl2N3O/c1-24-10-8-20(9-11-24)23-18-5-3-2-4-15(18)19(26)25(20)13-14-6-7-16(21)17(22)12-14/h2-7,12,23H,8-11,13H2,1H3. The summed E-state index contributed by atoms with van der Waals surface area (Å²) >= 11 is 12.2. The summed E-state index contributed by atoms with van der Waals surface area (Å²) < 4.78 is 0. The van der Waals surface area contributed by atoms with Gasteiger partial charge in [-0.2, -0.15) is 0 Å². The molecule has 136 valence electrons. The van der Waals surface area contributed by atoms with Crippen LogP contribution >= 0.6 is 23.2 Å². The zero-order chi connectivity index (χ0) is 18.3. The topological polar surface area (TPSA) is 35.6 Å². The lowest BCUT2D eigenvalue weighted by atomic mass is 9.89. The molecule has 26 heavy (non-hydrogen) atoms. The minimum absolute atomic E-state index is 0.0648. The highest BCUT2D eigenvalue weighted by Crippen LogP contribution is 2.38. The second-order valence-corrected chi connectivity index (χ2v) is 7.96. The molecular weight excluding hydrogens is 369 g/mol. The molecule has 1 fully saturated rings. The quantitative estimate of drug-likeness (QED) is 0.821. The Morgan fingerprint density at radius 1 is 1.08 bits per heavy atom. The number of carbonyl (C=O) groups excluding carboxylic acids is 1. The van der Waals surface area contributed by atoms with Crippen LogP contribution in [0.4, 0.5) is 5.69 Å². The Balaban J connectivity index is 1.73. The van der Waals surface area contributed by atoms with Crippen molar-refractivity contribution in [2.24, 2.45) is 0 Å². The third-order valence-electron chi connectivity index (χ3n) is 5.43. The van der Waals surface area contributed by atoms with Crippen LogP contribution < -0.4 is 5.32 Å². The van der Waals surface area contributed by atoms with Crippen molar-refractivity contribution in [3.05, 3.63) is 63.6 Å². The fourth-order valence-electron chi connectivity index (χ4n) is 3.86. The maximum Gasteiger partial charge on any atom is 0.258 e. The normalized spacial score (nSPS) is 19.3. The monoisotopic (exact) mass is 389 g/mol. The first kappa shape index (κ1) is 17.7. The van der Waals surface area contributed by atoms with E-state index in [1.54, 1.807) is 6.07 Å². The molecule has 0 bridgehead atoms. The molecule has 1 N–H and O–H groups in total. The number of rotatable bonds is 2. The predicted molar refractivity (Wildman–Crippen MR) is 106 cm³/mol. The Kier molecular flexibility index (Phi) is 4.59. The van der Waals surface area contributed by atoms with Crippen LogP contribution in [0.2, 0.25) is 10.0 Å². The van der Waals surface area contributed by atoms with Gasteiger partial charge in [0.25, 0.3) is 5.91 Å². The van der Waals surface area contributed by atoms with E-state index >= 15 is 0 Å². The van der Waals surface area contributed by atoms with Crippen LogP contribution in [0.5, 0.6) is 0 Å². The molecule has 0 atom stereocenters. The van der Waals surface area contributed by atoms with Gasteiger partial charge >= 0.3 is 0 Å². The van der Waals surface area contributed by atoms with Gasteiger partial charge in [-0.15, -0.1) is 0 Å². The number of carbonyl (C=O) groups is 1. The van der Waals surface area contributed by atoms with E-state index in [9.17, 15) is 4.79 Å². The fourth-order valence-corrected chi connectivity index (χ4v) is 4.18. The van der Waals surface area contributed by atoms with Crippen molar-refractivity contribution >= 4 is 34.8 Å². The average Bonchev–Trinajstić information content (AvgIpc) is 2.64. The van der Waals surface area contributed by atoms with E-state index in [0.29, 0.717) is 16.6 Å². The van der Waals surface area contributed by atoms with Crippen molar-refractivity contribution in [2.45, 2.75) is 25.0 Å². The molecule has 4 nitrogen and oxygen atoms in total. The summed E-state index contributed by atoms with van der Waals surface area (Å²) in [5, 5.41) is 4.72. The Bertz CT molecular complexity index is 847. The van der Waals surface area contributed by atoms with Crippen LogP contribution in [0.3, 0.4) is 0 Å². The van der Waals surface area contributed by atoms with Gasteiger partial charge in [-0.25, -0.2) is 0 Å². The second-order valence-electron chi connectivity index (χ2n) is 7.15. The van der Waals surface area contributed by atoms with Crippen LogP contribution in [-0.4, -0.2) is 41.5 Å². The van der Waals surface area contributed by atoms with Crippen molar-refractivity contribution < 1.29 is 4.79 Å². The number of benzene rings is 2. The van der Waals surface area contributed by atoms with E-state index in [4.69, 9.17) is 23.2 Å². The Morgan fingerprint density at radius 3 is 2.54 bits per heavy atom. The van der Waals surface area contributed by atoms with E-state index in [2.05, 4.69) is 17.3 Å². The molecule has 2 aliphatic rings. The molecule has 0 radical (unpaired) electrons. The molecule has 0 unspecified atom stereocenters. The van der Waals surface area contributed by atoms with Gasteiger partial charge in [0.15, 0.2) is 0 Å². The van der Waals surface area contributed by atoms with Gasteiger partial charge in [-0.3, -0.25) is 4.79 Å². The third kappa shape index (κ3) is 3.07. The van der Waals surface area contributed by atoms with Gasteiger partial charge in [-0.1, -0.05) is 41.4 Å². The molecule has 0 aromatic heterocycles. The van der Waals surface area contributed by atoms with Gasteiger partial charge in [0.2, 0.25) is 0 Å². The van der Waals surface area contributed by atoms with Crippen LogP contribution in [0.15, 0.2) is 42.5 Å². The molecular formula is C20H21Cl2N3O. The number of anilines is 1. The SMILES string of the molecule is CN1CCC2(CC1)Nc1ccccc1C(=O)N2Cc1ccc(Cl)c(Cl)c1. The lowest BCUT2D eigenvalue weighted by Gasteiger charge is -2.52. The first-order chi connectivity index (χ1) is 12.5. The van der Waals surface area contributed by atoms with Crippen molar-refractivity contribution in [1.82, 2.24) is 9.80 Å². The smallest absolute Gasteiger partial charge is 0.258 e. The molecule has 2 heterocycles. The van der Waals surface area contributed by atoms with Crippen LogP contribution in [0.25, 0.3) is 0 Å². The summed E-state index contributed by atoms with van der Waals surface area (Å²) in [5.74, 6) is 0.0648. The number of fused-ring (bicyclic) bond motifs is 1. The van der Waals surface area contributed by atoms with E-state index < -0.39 is 0 Å². The summed E-state index contributed by atoms with van der Waals surface area (Å²) in [7, 11) is 2.12. The number of nitrogens with one attached hydrogen (secondary N) is 1. The predicted octanol–water partition coefficient (Wildman–Crippen LogP) is 4.48. The molecule has 0 saturated carbocycles. The highest BCUT2D eigenvalue weighted by Gasteiger charge is 2.45. The molecule has 2 aromatic carbocycles. The van der Waals surface area contributed by atoms with Crippen molar-refractivity contribution in [3.8, 4) is 0 Å². The summed E-state index contributed by atoms with van der Waals surface area (Å²) in [6.07, 6.45) is 1.76. The van der Waals surface area contributed by atoms with Crippen molar-refractivity contribution in [1.29, 1.82) is 0 Å². The van der Waals surface area contributed by atoms with Crippen LogP contribution in [-0.2, 0) is 6.54 Å². The van der Waals surface area contributed by atoms with E-state index in [1.165, 1.54) is 0 Å². The van der Waals surface area contributed by atoms with Crippen LogP contribution in [0, 0.1) is 0 Å². The molecule has 1 amide bonds. The van der Waals surface area contributed by atoms with Crippen molar-refractivity contribution in [2.75, 3.05) is 25.5 Å². The zero-order valence-electron chi connectivity index (χ0n) is 14.6. The van der Waals surface area contributed by atoms with E-state index in [-0.39, 0.29) is 11.6 Å². The molecule has 6 heteroatoms. The minimum Gasteiger partial charge on any atom is -0.362 e. The maximum absolute atomic E-state index is 13.3. The van der Waals surface area contributed by atoms with E-state index in [0.717, 1.165) is 42.7 Å². The number of likely N-dealkylation sites (tertiary alicyclic amines) is 1. The highest BCUT2D eigenvalue weighted by molar-refractivity contribution is 6.42. The first-order valence-corrected chi connectivity index (χ1v) is 9.56. The Labute approximate surface area is 163 Å². The lowest BCUT2D eigenvalue weighted by Crippen LogP contribution is -2.63. The average molecular weight is 390 g/mol. The highest BCUT2D eigenvalue weighted by atomic mass is 35.5. The summed E-state index contributed by atoms with van der Waals surface area (Å²) in [6.45, 7) is 2.39. The summed E-state index contributed by atoms with van der Waals surface area (Å²) in [4.78, 5) is 17.6. The Hall–Kier alpha value is -1.75. The third-order valence-corrected chi connectivity index (χ3v) is 6.16. The van der Waals surface area contributed by atoms with Gasteiger partial charge < -0.3 is 15.1 Å². The van der Waals surface area contributed by atoms with Gasteiger partial charge in [0, 0.05) is 38.2 Å². The number of amides is 1. The van der Waals surface area contributed by atoms with Gasteiger partial charge in [0.1, 0.15) is 5.66 Å². The van der Waals surface area contributed by atoms with Crippen molar-refractivity contribution in [3.63, 3.8) is 0 Å². The number of para-hydroxylation sites is 1. The zero-order valence-corrected chi connectivity index (χ0v) is 16.1. The number of hydrogen-bond donors (Lipinski definition) is 1. The second kappa shape index (κ2) is 6.76. The summed E-state index contributed by atoms with van der Waals surface area (Å²) in [5.41, 5.74) is 2.25. The molecule has 0 aliphatic carbocycles. The number of hydrogen-bond acceptors (Lipinski definition) is 3. The lowest BCUT2D eigenvalue weighted by molar-refractivity contribution is 0.0270. The number of nitrogens with zero attached hydrogens (tertiary/aromatic N) is 2. The minimum atomic E-state index is -0.371. The van der Waals surface area contributed by atoms with Gasteiger partial charge in [-0.05, 0) is 36.9 Å². The molecule has 1 saturated heterocycles. The maximum atomic E-state index is 13.3. The number of halogens is 2. The first-order valence-electron chi connectivity index (χ1n) is 8.80. The Morgan fingerprint density at radius 2 is 1.81 bits per heavy atom. The largest absolute Gasteiger partial charge is 0.362 e. The fraction of sp³-hybridized carbons (Fsp3) is 0.350. The van der Waals surface area contributed by atoms with Gasteiger partial charge in [0.05, 0.1) is 15.6 Å². The summed E-state index contributed by atoms with van der Waals surface area (Å²) in [6, 6.07) is 13.3. The molecule has 4 rings (SSSR count).